The summed E-state index contributed by atoms with van der Waals surface area (Å²) in [7, 11) is 2.16. The Labute approximate surface area is 360 Å². The zero-order valence-electron chi connectivity index (χ0n) is 38.5. The number of nitrogens with zero attached hydrogens (tertiary/aromatic N) is 2. The number of carboxylic acids is 1. The number of piperazine rings is 1. The Bertz CT molecular complexity index is 1930. The van der Waals surface area contributed by atoms with Gasteiger partial charge in [-0.3, -0.25) is 19.2 Å². The first-order chi connectivity index (χ1) is 28.1. The first-order valence-corrected chi connectivity index (χ1v) is 23.6. The minimum absolute atomic E-state index is 0.0416. The van der Waals surface area contributed by atoms with Crippen LogP contribution in [-0.2, 0) is 19.1 Å². The number of likely N-dealkylation sites (N-methyl/N-ethyl adjacent to an activating group) is 1. The molecule has 1 saturated heterocycles. The molecule has 0 unspecified atom stereocenters. The number of anilines is 1. The van der Waals surface area contributed by atoms with Crippen molar-refractivity contribution < 1.29 is 29.0 Å². The van der Waals surface area contributed by atoms with Crippen molar-refractivity contribution in [3.63, 3.8) is 0 Å². The van der Waals surface area contributed by atoms with Gasteiger partial charge in [-0.1, -0.05) is 67.9 Å². The Kier molecular flexibility index (Phi) is 10.8. The van der Waals surface area contributed by atoms with Gasteiger partial charge < -0.3 is 25.0 Å². The molecule has 0 spiro atoms. The maximum Gasteiger partial charge on any atom is 0.309 e. The number of fused-ring (bicyclic) bond motifs is 7. The van der Waals surface area contributed by atoms with Gasteiger partial charge in [0, 0.05) is 61.2 Å². The molecule has 1 heterocycles. The number of hydrogen-bond acceptors (Lipinski definition) is 7. The highest BCUT2D eigenvalue weighted by Gasteiger charge is 2.70. The van der Waals surface area contributed by atoms with Crippen LogP contribution in [0.1, 0.15) is 143 Å². The van der Waals surface area contributed by atoms with Crippen LogP contribution in [0.2, 0.25) is 0 Å². The van der Waals surface area contributed by atoms with Gasteiger partial charge >= 0.3 is 11.9 Å². The molecule has 60 heavy (non-hydrogen) atoms. The Hall–Kier alpha value is -3.20. The minimum Gasteiger partial charge on any atom is -0.481 e. The van der Waals surface area contributed by atoms with Gasteiger partial charge in [0.2, 0.25) is 0 Å². The van der Waals surface area contributed by atoms with E-state index in [-0.39, 0.29) is 56.9 Å². The molecule has 10 atom stereocenters. The summed E-state index contributed by atoms with van der Waals surface area (Å²) in [5.41, 5.74) is 3.63. The topological polar surface area (TPSA) is 116 Å². The Morgan fingerprint density at radius 2 is 1.50 bits per heavy atom. The van der Waals surface area contributed by atoms with E-state index in [1.807, 2.05) is 26.0 Å². The Balaban J connectivity index is 0.979. The third-order valence-electron chi connectivity index (χ3n) is 19.5. The van der Waals surface area contributed by atoms with Crippen molar-refractivity contribution in [3.8, 4) is 0 Å². The molecule has 330 valence electrons. The summed E-state index contributed by atoms with van der Waals surface area (Å²) >= 11 is 0. The molecule has 1 aromatic rings. The molecule has 2 N–H and O–H groups in total. The van der Waals surface area contributed by atoms with Crippen molar-refractivity contribution in [2.75, 3.05) is 44.7 Å². The van der Waals surface area contributed by atoms with Crippen molar-refractivity contribution in [1.82, 2.24) is 10.2 Å². The number of nitrogens with one attached hydrogen (secondary N) is 1. The monoisotopic (exact) mass is 826 g/mol. The van der Waals surface area contributed by atoms with Crippen LogP contribution in [0.3, 0.4) is 0 Å². The fourth-order valence-corrected chi connectivity index (χ4v) is 15.6. The molecule has 1 aliphatic heterocycles. The molecule has 8 rings (SSSR count). The van der Waals surface area contributed by atoms with Gasteiger partial charge in [-0.2, -0.15) is 0 Å². The SMILES string of the molecule is CC(C)C1=C2[C@H]3CC[C@@H]4[C@@]5(C)CC[C@H](OC(=O)[C@H]6C[C@@H](C(=O)O)C6(C)C)C(C)(C)[C@@H]5CC[C@@]4(C)[C@]3(C)CC[C@@]2(CCNC(=O)c2ccc(N3CCN(C)CC3)cc2)CC1=O. The number of rotatable bonds is 9. The van der Waals surface area contributed by atoms with Crippen molar-refractivity contribution in [2.24, 2.45) is 68.0 Å². The number of aliphatic carboxylic acids is 1. The zero-order valence-corrected chi connectivity index (χ0v) is 38.5. The number of carboxylic acid groups (broad SMARTS) is 1. The quantitative estimate of drug-likeness (QED) is 0.237. The number of esters is 1. The van der Waals surface area contributed by atoms with Crippen LogP contribution in [0.4, 0.5) is 5.69 Å². The molecule has 6 fully saturated rings. The number of ether oxygens (including phenoxy) is 1. The standard InChI is InChI=1S/C51H75N3O6/c1-31(2)41-37(55)30-51(23-24-52-43(56)32-11-13-33(14-12-32)54-27-25-53(10)26-28-54)22-21-49(8)34(42(41)51)15-16-39-48(7)19-18-40(47(5,6)38(48)17-20-50(39,49)9)60-45(59)36-29-35(44(57)58)46(36,3)4/h11-14,31,34-36,38-40H,15-30H2,1-10H3,(H,52,56)(H,57,58)/t34-,35+,36-,38+,39-,40+,48+,49-,50-,51-/m1/s1. The van der Waals surface area contributed by atoms with Gasteiger partial charge in [0.1, 0.15) is 6.10 Å². The highest BCUT2D eigenvalue weighted by atomic mass is 16.5. The van der Waals surface area contributed by atoms with Gasteiger partial charge in [0.15, 0.2) is 5.78 Å². The van der Waals surface area contributed by atoms with Gasteiger partial charge in [-0.15, -0.1) is 0 Å². The lowest BCUT2D eigenvalue weighted by atomic mass is 9.33. The minimum atomic E-state index is -0.825. The number of allylic oxidation sites excluding steroid dienone is 2. The smallest absolute Gasteiger partial charge is 0.309 e. The molecule has 5 saturated carbocycles. The van der Waals surface area contributed by atoms with Crippen LogP contribution in [0.25, 0.3) is 0 Å². The number of benzene rings is 1. The maximum atomic E-state index is 14.2. The molecular weight excluding hydrogens is 751 g/mol. The number of carbonyl (C=O) groups is 4. The predicted molar refractivity (Wildman–Crippen MR) is 235 cm³/mol. The van der Waals surface area contributed by atoms with Crippen LogP contribution in [0, 0.1) is 68.0 Å². The van der Waals surface area contributed by atoms with Crippen LogP contribution < -0.4 is 10.2 Å². The van der Waals surface area contributed by atoms with Crippen molar-refractivity contribution >= 4 is 29.3 Å². The van der Waals surface area contributed by atoms with Crippen LogP contribution in [0.15, 0.2) is 35.4 Å². The second kappa shape index (κ2) is 15.0. The number of ketones is 1. The molecule has 1 amide bonds. The fourth-order valence-electron chi connectivity index (χ4n) is 15.6. The average molecular weight is 826 g/mol. The fraction of sp³-hybridized carbons (Fsp3) is 0.765. The van der Waals surface area contributed by atoms with E-state index in [1.54, 1.807) is 0 Å². The van der Waals surface area contributed by atoms with Crippen LogP contribution in [0.5, 0.6) is 0 Å². The van der Waals surface area contributed by atoms with Gasteiger partial charge in [0.05, 0.1) is 11.8 Å². The van der Waals surface area contributed by atoms with E-state index < -0.39 is 17.3 Å². The van der Waals surface area contributed by atoms with Crippen molar-refractivity contribution in [2.45, 2.75) is 139 Å². The van der Waals surface area contributed by atoms with Gasteiger partial charge in [-0.25, -0.2) is 0 Å². The molecule has 9 nitrogen and oxygen atoms in total. The summed E-state index contributed by atoms with van der Waals surface area (Å²) in [6, 6.07) is 8.07. The van der Waals surface area contributed by atoms with E-state index in [4.69, 9.17) is 4.74 Å². The van der Waals surface area contributed by atoms with E-state index in [1.165, 1.54) is 11.3 Å². The van der Waals surface area contributed by atoms with Gasteiger partial charge in [0.25, 0.3) is 5.91 Å². The zero-order chi connectivity index (χ0) is 43.4. The third kappa shape index (κ3) is 6.53. The molecule has 0 bridgehead atoms. The summed E-state index contributed by atoms with van der Waals surface area (Å²) in [5.74, 6) is -0.185. The normalized spacial score (nSPS) is 39.5. The number of hydrogen-bond donors (Lipinski definition) is 2. The average Bonchev–Trinajstić information content (AvgIpc) is 3.48. The largest absolute Gasteiger partial charge is 0.481 e. The van der Waals surface area contributed by atoms with E-state index in [9.17, 15) is 24.3 Å². The molecule has 9 heteroatoms. The van der Waals surface area contributed by atoms with E-state index in [0.29, 0.717) is 48.5 Å². The molecule has 6 aliphatic carbocycles. The summed E-state index contributed by atoms with van der Waals surface area (Å²) in [4.78, 5) is 57.9. The van der Waals surface area contributed by atoms with Gasteiger partial charge in [-0.05, 0) is 146 Å². The second-order valence-corrected chi connectivity index (χ2v) is 23.1. The Morgan fingerprint density at radius 3 is 2.13 bits per heavy atom. The molecule has 1 aromatic carbocycles. The number of amides is 1. The van der Waals surface area contributed by atoms with Crippen LogP contribution >= 0.6 is 0 Å². The summed E-state index contributed by atoms with van der Waals surface area (Å²) in [5, 5.41) is 13.0. The molecule has 0 aromatic heterocycles. The lowest BCUT2D eigenvalue weighted by Crippen LogP contribution is -2.66. The lowest BCUT2D eigenvalue weighted by molar-refractivity contribution is -0.236. The lowest BCUT2D eigenvalue weighted by Gasteiger charge is -2.72. The van der Waals surface area contributed by atoms with E-state index in [2.05, 4.69) is 82.8 Å². The van der Waals surface area contributed by atoms with Crippen LogP contribution in [-0.4, -0.2) is 79.5 Å². The highest BCUT2D eigenvalue weighted by Crippen LogP contribution is 2.77. The second-order valence-electron chi connectivity index (χ2n) is 23.1. The highest BCUT2D eigenvalue weighted by molar-refractivity contribution is 6.00. The first kappa shape index (κ1) is 43.4. The number of Topliss-reactive ketones (excluding diaryl/α,β-unsaturated/α-hetero) is 1. The van der Waals surface area contributed by atoms with E-state index >= 15 is 0 Å². The molecule has 0 radical (unpaired) electrons. The number of carbonyl (C=O) groups excluding carboxylic acids is 3. The maximum absolute atomic E-state index is 14.2. The molecule has 7 aliphatic rings. The summed E-state index contributed by atoms with van der Waals surface area (Å²) in [6.45, 7) is 25.2. The first-order valence-electron chi connectivity index (χ1n) is 23.6. The van der Waals surface area contributed by atoms with E-state index in [0.717, 1.165) is 89.5 Å². The van der Waals surface area contributed by atoms with Crippen molar-refractivity contribution in [3.05, 3.63) is 41.0 Å². The third-order valence-corrected chi connectivity index (χ3v) is 19.5. The summed E-state index contributed by atoms with van der Waals surface area (Å²) < 4.78 is 6.44. The summed E-state index contributed by atoms with van der Waals surface area (Å²) in [6.07, 6.45) is 9.91. The molecular formula is C51H75N3O6. The van der Waals surface area contributed by atoms with Crippen molar-refractivity contribution in [1.29, 1.82) is 0 Å². The Morgan fingerprint density at radius 1 is 0.817 bits per heavy atom. The predicted octanol–water partition coefficient (Wildman–Crippen LogP) is 9.20.